The van der Waals surface area contributed by atoms with E-state index < -0.39 is 0 Å². The minimum atomic E-state index is -0.328. The number of hydrogen-bond donors (Lipinski definition) is 1. The number of carbonyl (C=O) groups is 1. The maximum Gasteiger partial charge on any atom is 0.289 e. The molecule has 8 heteroatoms. The number of nitrogens with one attached hydrogen (secondary N) is 1. The summed E-state index contributed by atoms with van der Waals surface area (Å²) < 4.78 is 19.1. The summed E-state index contributed by atoms with van der Waals surface area (Å²) >= 11 is 0. The second kappa shape index (κ2) is 10.7. The quantitative estimate of drug-likeness (QED) is 0.552. The summed E-state index contributed by atoms with van der Waals surface area (Å²) in [7, 11) is 0. The molecular formula is C25H30FN5O2. The van der Waals surface area contributed by atoms with E-state index in [1.807, 2.05) is 19.9 Å². The predicted octanol–water partition coefficient (Wildman–Crippen LogP) is 4.22. The molecule has 0 aliphatic carbocycles. The van der Waals surface area contributed by atoms with Gasteiger partial charge in [-0.05, 0) is 69.6 Å². The lowest BCUT2D eigenvalue weighted by Gasteiger charge is -2.33. The highest BCUT2D eigenvalue weighted by Gasteiger charge is 2.25. The van der Waals surface area contributed by atoms with E-state index in [1.165, 1.54) is 12.1 Å². The molecule has 0 bridgehead atoms. The van der Waals surface area contributed by atoms with Gasteiger partial charge in [-0.1, -0.05) is 13.3 Å². The lowest BCUT2D eigenvalue weighted by Crippen LogP contribution is -2.44. The fraction of sp³-hybridized carbons (Fsp3) is 0.440. The number of nitrogens with zero attached hydrogens (tertiary/aromatic N) is 4. The zero-order chi connectivity index (χ0) is 23.2. The molecule has 1 aromatic carbocycles. The lowest BCUT2D eigenvalue weighted by molar-refractivity contribution is 0.0895. The van der Waals surface area contributed by atoms with Crippen LogP contribution in [0.3, 0.4) is 0 Å². The van der Waals surface area contributed by atoms with Gasteiger partial charge in [0.15, 0.2) is 0 Å². The third-order valence-corrected chi connectivity index (χ3v) is 5.93. The molecule has 0 saturated carbocycles. The van der Waals surface area contributed by atoms with Gasteiger partial charge in [-0.3, -0.25) is 4.79 Å². The fourth-order valence-corrected chi connectivity index (χ4v) is 4.27. The third kappa shape index (κ3) is 5.82. The fourth-order valence-electron chi connectivity index (χ4n) is 4.27. The average molecular weight is 452 g/mol. The predicted molar refractivity (Wildman–Crippen MR) is 123 cm³/mol. The van der Waals surface area contributed by atoms with Gasteiger partial charge >= 0.3 is 0 Å². The number of likely N-dealkylation sites (tertiary alicyclic amines) is 1. The zero-order valence-electron chi connectivity index (χ0n) is 19.1. The monoisotopic (exact) mass is 451 g/mol. The zero-order valence-corrected chi connectivity index (χ0v) is 19.1. The Morgan fingerprint density at radius 3 is 2.58 bits per heavy atom. The standard InChI is InChI=1S/C25H30FN5O2/c1-3-5-21-22(33-25(30-21)19-6-8-20(26)9-7-19)24(32)29-17(2)16-31-14-10-18(11-15-31)23-27-12-4-13-28-23/h4,6-9,12-13,17-18H,3,5,10-11,14-16H2,1-2H3,(H,29,32). The number of carbonyl (C=O) groups excluding carboxylic acids is 1. The maximum absolute atomic E-state index is 13.3. The molecule has 1 amide bonds. The Labute approximate surface area is 193 Å². The van der Waals surface area contributed by atoms with Gasteiger partial charge in [0.25, 0.3) is 5.91 Å². The van der Waals surface area contributed by atoms with Crippen molar-refractivity contribution in [2.75, 3.05) is 19.6 Å². The van der Waals surface area contributed by atoms with E-state index in [-0.39, 0.29) is 23.5 Å². The second-order valence-electron chi connectivity index (χ2n) is 8.61. The number of benzene rings is 1. The number of aryl methyl sites for hydroxylation is 1. The third-order valence-electron chi connectivity index (χ3n) is 5.93. The van der Waals surface area contributed by atoms with E-state index >= 15 is 0 Å². The molecule has 1 atom stereocenters. The van der Waals surface area contributed by atoms with E-state index in [0.717, 1.165) is 44.7 Å². The van der Waals surface area contributed by atoms with Crippen LogP contribution in [0.4, 0.5) is 4.39 Å². The molecule has 1 unspecified atom stereocenters. The van der Waals surface area contributed by atoms with Crippen molar-refractivity contribution >= 4 is 5.91 Å². The molecule has 1 fully saturated rings. The topological polar surface area (TPSA) is 84.2 Å². The second-order valence-corrected chi connectivity index (χ2v) is 8.61. The highest BCUT2D eigenvalue weighted by molar-refractivity contribution is 5.93. The van der Waals surface area contributed by atoms with E-state index in [9.17, 15) is 9.18 Å². The molecule has 1 aliphatic heterocycles. The molecule has 174 valence electrons. The minimum absolute atomic E-state index is 0.0455. The average Bonchev–Trinajstić information content (AvgIpc) is 3.25. The first-order valence-electron chi connectivity index (χ1n) is 11.6. The smallest absolute Gasteiger partial charge is 0.289 e. The summed E-state index contributed by atoms with van der Waals surface area (Å²) in [6.45, 7) is 6.68. The van der Waals surface area contributed by atoms with Crippen molar-refractivity contribution in [2.45, 2.75) is 51.5 Å². The molecule has 0 spiro atoms. The van der Waals surface area contributed by atoms with Crippen LogP contribution in [0.5, 0.6) is 0 Å². The van der Waals surface area contributed by atoms with Gasteiger partial charge in [-0.25, -0.2) is 19.3 Å². The minimum Gasteiger partial charge on any atom is -0.431 e. The van der Waals surface area contributed by atoms with E-state index in [1.54, 1.807) is 24.5 Å². The number of piperidine rings is 1. The van der Waals surface area contributed by atoms with Gasteiger partial charge in [0.2, 0.25) is 11.7 Å². The highest BCUT2D eigenvalue weighted by Crippen LogP contribution is 2.26. The molecule has 3 heterocycles. The Bertz CT molecular complexity index is 1050. The molecule has 7 nitrogen and oxygen atoms in total. The summed E-state index contributed by atoms with van der Waals surface area (Å²) in [4.78, 5) is 28.6. The van der Waals surface area contributed by atoms with Crippen molar-refractivity contribution < 1.29 is 13.6 Å². The Morgan fingerprint density at radius 2 is 1.91 bits per heavy atom. The number of rotatable bonds is 8. The largest absolute Gasteiger partial charge is 0.431 e. The molecular weight excluding hydrogens is 421 g/mol. The molecule has 2 aromatic heterocycles. The Hall–Kier alpha value is -3.13. The molecule has 0 radical (unpaired) electrons. The van der Waals surface area contributed by atoms with Crippen molar-refractivity contribution in [1.82, 2.24) is 25.2 Å². The lowest BCUT2D eigenvalue weighted by atomic mass is 9.95. The van der Waals surface area contributed by atoms with Crippen LogP contribution in [0.25, 0.3) is 11.5 Å². The summed E-state index contributed by atoms with van der Waals surface area (Å²) in [5, 5.41) is 3.06. The summed E-state index contributed by atoms with van der Waals surface area (Å²) in [5.74, 6) is 1.29. The Morgan fingerprint density at radius 1 is 1.21 bits per heavy atom. The van der Waals surface area contributed by atoms with Gasteiger partial charge in [-0.15, -0.1) is 0 Å². The molecule has 1 aliphatic rings. The number of oxazole rings is 1. The molecule has 1 saturated heterocycles. The molecule has 4 rings (SSSR count). The number of hydrogen-bond acceptors (Lipinski definition) is 6. The number of halogens is 1. The van der Waals surface area contributed by atoms with Crippen LogP contribution in [-0.2, 0) is 6.42 Å². The van der Waals surface area contributed by atoms with Crippen LogP contribution in [0.15, 0.2) is 47.1 Å². The van der Waals surface area contributed by atoms with Gasteiger partial charge in [0.1, 0.15) is 11.6 Å². The van der Waals surface area contributed by atoms with Crippen molar-refractivity contribution in [3.63, 3.8) is 0 Å². The van der Waals surface area contributed by atoms with Gasteiger partial charge in [0.05, 0.1) is 5.69 Å². The first-order valence-corrected chi connectivity index (χ1v) is 11.6. The molecule has 1 N–H and O–H groups in total. The van der Waals surface area contributed by atoms with Crippen molar-refractivity contribution in [3.8, 4) is 11.5 Å². The van der Waals surface area contributed by atoms with Crippen molar-refractivity contribution in [2.24, 2.45) is 0 Å². The van der Waals surface area contributed by atoms with Crippen LogP contribution >= 0.6 is 0 Å². The van der Waals surface area contributed by atoms with Crippen LogP contribution in [0, 0.1) is 5.82 Å². The van der Waals surface area contributed by atoms with E-state index in [4.69, 9.17) is 4.42 Å². The van der Waals surface area contributed by atoms with Crippen molar-refractivity contribution in [3.05, 3.63) is 65.8 Å². The van der Waals surface area contributed by atoms with Crippen LogP contribution in [0.1, 0.15) is 61.1 Å². The van der Waals surface area contributed by atoms with Gasteiger partial charge in [-0.2, -0.15) is 0 Å². The highest BCUT2D eigenvalue weighted by atomic mass is 19.1. The van der Waals surface area contributed by atoms with E-state index in [2.05, 4.69) is 25.2 Å². The number of aromatic nitrogens is 3. The maximum atomic E-state index is 13.3. The van der Waals surface area contributed by atoms with Gasteiger partial charge in [0, 0.05) is 36.5 Å². The first kappa shape index (κ1) is 23.0. The molecule has 33 heavy (non-hydrogen) atoms. The summed E-state index contributed by atoms with van der Waals surface area (Å²) in [5.41, 5.74) is 1.27. The molecule has 3 aromatic rings. The summed E-state index contributed by atoms with van der Waals surface area (Å²) in [6, 6.07) is 7.71. The van der Waals surface area contributed by atoms with Crippen LogP contribution < -0.4 is 5.32 Å². The SMILES string of the molecule is CCCc1nc(-c2ccc(F)cc2)oc1C(=O)NC(C)CN1CCC(c2ncccn2)CC1. The number of amides is 1. The Balaban J connectivity index is 1.35. The van der Waals surface area contributed by atoms with Crippen LogP contribution in [0.2, 0.25) is 0 Å². The first-order chi connectivity index (χ1) is 16.0. The van der Waals surface area contributed by atoms with E-state index in [0.29, 0.717) is 29.5 Å². The Kier molecular flexibility index (Phi) is 7.44. The van der Waals surface area contributed by atoms with Gasteiger partial charge < -0.3 is 14.6 Å². The van der Waals surface area contributed by atoms with Crippen molar-refractivity contribution in [1.29, 1.82) is 0 Å². The normalized spacial score (nSPS) is 16.0. The summed E-state index contributed by atoms with van der Waals surface area (Å²) in [6.07, 6.45) is 7.08. The van der Waals surface area contributed by atoms with Crippen LogP contribution in [-0.4, -0.2) is 51.4 Å².